The lowest BCUT2D eigenvalue weighted by Crippen LogP contribution is -2.41. The van der Waals surface area contributed by atoms with E-state index in [2.05, 4.69) is 4.98 Å². The molecule has 3 heterocycles. The van der Waals surface area contributed by atoms with Crippen LogP contribution in [-0.4, -0.2) is 27.7 Å². The second-order valence-electron chi connectivity index (χ2n) is 5.82. The number of nitrogens with zero attached hydrogens (tertiary/aromatic N) is 2. The first kappa shape index (κ1) is 12.6. The highest BCUT2D eigenvalue weighted by Crippen LogP contribution is 2.36. The molecule has 1 aliphatic rings. The number of hydrogen-bond donors (Lipinski definition) is 0. The van der Waals surface area contributed by atoms with Crippen molar-refractivity contribution >= 4 is 18.4 Å². The summed E-state index contributed by atoms with van der Waals surface area (Å²) in [6, 6.07) is 3.02. The summed E-state index contributed by atoms with van der Waals surface area (Å²) < 4.78 is 27.2. The molecular weight excluding hydrogens is 246 g/mol. The van der Waals surface area contributed by atoms with Crippen LogP contribution in [0.5, 0.6) is 0 Å². The molecule has 2 aromatic heterocycles. The molecule has 0 saturated carbocycles. The summed E-state index contributed by atoms with van der Waals surface area (Å²) in [4.78, 5) is 4.09. The van der Waals surface area contributed by atoms with Gasteiger partial charge in [0.15, 0.2) is 11.5 Å². The highest BCUT2D eigenvalue weighted by atomic mass is 19.1. The molecule has 100 valence electrons. The smallest absolute Gasteiger partial charge is 0.398 e. The molecule has 0 aromatic carbocycles. The molecule has 0 radical (unpaired) electrons. The molecule has 0 unspecified atom stereocenters. The van der Waals surface area contributed by atoms with E-state index in [0.717, 1.165) is 0 Å². The van der Waals surface area contributed by atoms with Gasteiger partial charge in [0.05, 0.1) is 16.8 Å². The summed E-state index contributed by atoms with van der Waals surface area (Å²) >= 11 is 0. The van der Waals surface area contributed by atoms with Gasteiger partial charge in [-0.3, -0.25) is 0 Å². The van der Waals surface area contributed by atoms with Crippen molar-refractivity contribution in [1.29, 1.82) is 0 Å². The van der Waals surface area contributed by atoms with Gasteiger partial charge >= 0.3 is 7.12 Å². The number of aromatic nitrogens is 2. The van der Waals surface area contributed by atoms with Gasteiger partial charge in [0, 0.05) is 12.4 Å². The Bertz CT molecular complexity index is 623. The SMILES string of the molecule is CC1(C)OB(c2cnc3c(F)cccn23)OC1(C)C. The van der Waals surface area contributed by atoms with E-state index in [1.807, 2.05) is 27.7 Å². The minimum Gasteiger partial charge on any atom is -0.398 e. The van der Waals surface area contributed by atoms with Crippen LogP contribution in [-0.2, 0) is 9.31 Å². The average molecular weight is 262 g/mol. The Kier molecular flexibility index (Phi) is 2.53. The molecule has 1 saturated heterocycles. The molecule has 6 heteroatoms. The van der Waals surface area contributed by atoms with Crippen molar-refractivity contribution in [3.8, 4) is 0 Å². The average Bonchev–Trinajstić information content (AvgIpc) is 2.80. The zero-order valence-corrected chi connectivity index (χ0v) is 11.5. The molecule has 0 aliphatic carbocycles. The number of rotatable bonds is 1. The molecule has 0 atom stereocenters. The maximum absolute atomic E-state index is 13.6. The highest BCUT2D eigenvalue weighted by molar-refractivity contribution is 6.61. The molecule has 0 spiro atoms. The minimum atomic E-state index is -0.540. The van der Waals surface area contributed by atoms with Crippen LogP contribution in [0.2, 0.25) is 0 Å². The van der Waals surface area contributed by atoms with Gasteiger partial charge in [-0.1, -0.05) is 0 Å². The molecule has 0 bridgehead atoms. The van der Waals surface area contributed by atoms with Crippen LogP contribution < -0.4 is 5.59 Å². The van der Waals surface area contributed by atoms with Gasteiger partial charge in [-0.2, -0.15) is 0 Å². The van der Waals surface area contributed by atoms with Crippen molar-refractivity contribution in [2.24, 2.45) is 0 Å². The van der Waals surface area contributed by atoms with Gasteiger partial charge in [-0.15, -0.1) is 0 Å². The minimum absolute atomic E-state index is 0.284. The third-order valence-electron chi connectivity index (χ3n) is 4.01. The molecule has 19 heavy (non-hydrogen) atoms. The molecule has 0 N–H and O–H groups in total. The Balaban J connectivity index is 2.06. The topological polar surface area (TPSA) is 35.8 Å². The van der Waals surface area contributed by atoms with Crippen molar-refractivity contribution < 1.29 is 13.7 Å². The van der Waals surface area contributed by atoms with E-state index in [9.17, 15) is 4.39 Å². The zero-order chi connectivity index (χ0) is 13.8. The number of pyridine rings is 1. The third-order valence-corrected chi connectivity index (χ3v) is 4.01. The number of fused-ring (bicyclic) bond motifs is 1. The van der Waals surface area contributed by atoms with Gasteiger partial charge in [0.1, 0.15) is 0 Å². The van der Waals surface area contributed by atoms with Crippen LogP contribution in [0.4, 0.5) is 4.39 Å². The third kappa shape index (κ3) is 1.78. The van der Waals surface area contributed by atoms with E-state index in [-0.39, 0.29) is 11.5 Å². The molecule has 2 aromatic rings. The zero-order valence-electron chi connectivity index (χ0n) is 11.5. The lowest BCUT2D eigenvalue weighted by atomic mass is 9.85. The summed E-state index contributed by atoms with van der Waals surface area (Å²) in [7, 11) is -0.540. The van der Waals surface area contributed by atoms with Crippen LogP contribution >= 0.6 is 0 Å². The van der Waals surface area contributed by atoms with Crippen LogP contribution in [0.25, 0.3) is 5.65 Å². The van der Waals surface area contributed by atoms with Gasteiger partial charge < -0.3 is 13.7 Å². The second-order valence-corrected chi connectivity index (χ2v) is 5.82. The highest BCUT2D eigenvalue weighted by Gasteiger charge is 2.52. The van der Waals surface area contributed by atoms with E-state index in [4.69, 9.17) is 9.31 Å². The summed E-state index contributed by atoms with van der Waals surface area (Å²) in [5, 5.41) is 0. The predicted octanol–water partition coefficient (Wildman–Crippen LogP) is 1.77. The predicted molar refractivity (Wildman–Crippen MR) is 70.9 cm³/mol. The van der Waals surface area contributed by atoms with Crippen molar-refractivity contribution in [1.82, 2.24) is 9.38 Å². The first-order valence-electron chi connectivity index (χ1n) is 6.29. The largest absolute Gasteiger partial charge is 0.514 e. The number of halogens is 1. The maximum atomic E-state index is 13.6. The number of imidazole rings is 1. The second kappa shape index (κ2) is 3.80. The Morgan fingerprint density at radius 2 is 1.84 bits per heavy atom. The Morgan fingerprint density at radius 3 is 2.47 bits per heavy atom. The first-order valence-corrected chi connectivity index (χ1v) is 6.29. The fraction of sp³-hybridized carbons (Fsp3) is 0.462. The van der Waals surface area contributed by atoms with Crippen molar-refractivity contribution in [2.45, 2.75) is 38.9 Å². The lowest BCUT2D eigenvalue weighted by molar-refractivity contribution is 0.00578. The Labute approximate surface area is 111 Å². The van der Waals surface area contributed by atoms with Gasteiger partial charge in [0.25, 0.3) is 0 Å². The van der Waals surface area contributed by atoms with Crippen molar-refractivity contribution in [3.05, 3.63) is 30.3 Å². The fourth-order valence-corrected chi connectivity index (χ4v) is 2.13. The lowest BCUT2D eigenvalue weighted by Gasteiger charge is -2.32. The summed E-state index contributed by atoms with van der Waals surface area (Å²) in [6.45, 7) is 7.93. The van der Waals surface area contributed by atoms with E-state index in [1.165, 1.54) is 6.07 Å². The molecule has 0 amide bonds. The van der Waals surface area contributed by atoms with E-state index >= 15 is 0 Å². The summed E-state index contributed by atoms with van der Waals surface area (Å²) in [5.74, 6) is -0.356. The molecular formula is C13H16BFN2O2. The molecule has 1 aliphatic heterocycles. The van der Waals surface area contributed by atoms with Crippen LogP contribution in [0.1, 0.15) is 27.7 Å². The van der Waals surface area contributed by atoms with E-state index < -0.39 is 18.3 Å². The van der Waals surface area contributed by atoms with Crippen molar-refractivity contribution in [3.63, 3.8) is 0 Å². The summed E-state index contributed by atoms with van der Waals surface area (Å²) in [5.41, 5.74) is 0.143. The maximum Gasteiger partial charge on any atom is 0.514 e. The molecule has 1 fully saturated rings. The van der Waals surface area contributed by atoms with Crippen LogP contribution in [0, 0.1) is 5.82 Å². The number of hydrogen-bond acceptors (Lipinski definition) is 3. The van der Waals surface area contributed by atoms with Crippen LogP contribution in [0.3, 0.4) is 0 Å². The quantitative estimate of drug-likeness (QED) is 0.735. The standard InChI is InChI=1S/C13H16BFN2O2/c1-12(2)13(3,4)19-14(18-12)10-8-16-11-9(15)6-5-7-17(10)11/h5-8H,1-4H3. The Hall–Kier alpha value is -1.40. The monoisotopic (exact) mass is 262 g/mol. The molecule has 4 nitrogen and oxygen atoms in total. The fourth-order valence-electron chi connectivity index (χ4n) is 2.13. The summed E-state index contributed by atoms with van der Waals surface area (Å²) in [6.07, 6.45) is 3.35. The van der Waals surface area contributed by atoms with Crippen molar-refractivity contribution in [2.75, 3.05) is 0 Å². The Morgan fingerprint density at radius 1 is 1.21 bits per heavy atom. The van der Waals surface area contributed by atoms with Gasteiger partial charge in [0.2, 0.25) is 0 Å². The first-order chi connectivity index (χ1) is 8.82. The van der Waals surface area contributed by atoms with E-state index in [1.54, 1.807) is 22.9 Å². The normalized spacial score (nSPS) is 21.2. The van der Waals surface area contributed by atoms with Crippen LogP contribution in [0.15, 0.2) is 24.5 Å². The molecule has 3 rings (SSSR count). The van der Waals surface area contributed by atoms with Gasteiger partial charge in [-0.25, -0.2) is 9.37 Å². The van der Waals surface area contributed by atoms with E-state index in [0.29, 0.717) is 5.59 Å². The van der Waals surface area contributed by atoms with Gasteiger partial charge in [-0.05, 0) is 39.8 Å².